The average molecular weight is 248 g/mol. The van der Waals surface area contributed by atoms with E-state index in [0.717, 1.165) is 0 Å². The van der Waals surface area contributed by atoms with Crippen LogP contribution in [0.25, 0.3) is 0 Å². The van der Waals surface area contributed by atoms with E-state index in [4.69, 9.17) is 11.5 Å². The molecular weight excluding hydrogens is 220 g/mol. The number of aryl methyl sites for hydroxylation is 1. The normalized spacial score (nSPS) is 15.2. The summed E-state index contributed by atoms with van der Waals surface area (Å²) in [5, 5.41) is 0. The molecule has 2 atom stereocenters. The van der Waals surface area contributed by atoms with Crippen molar-refractivity contribution in [2.24, 2.45) is 23.3 Å². The highest BCUT2D eigenvalue weighted by Gasteiger charge is 2.23. The zero-order chi connectivity index (χ0) is 13.9. The Morgan fingerprint density at radius 3 is 2.17 bits per heavy atom. The summed E-state index contributed by atoms with van der Waals surface area (Å²) in [6.45, 7) is 11.6. The molecule has 0 saturated carbocycles. The third-order valence-corrected chi connectivity index (χ3v) is 3.92. The molecule has 0 fully saturated rings. The Morgan fingerprint density at radius 2 is 1.72 bits per heavy atom. The van der Waals surface area contributed by atoms with Crippen LogP contribution in [0.1, 0.15) is 56.3 Å². The Kier molecular flexibility index (Phi) is 5.36. The molecule has 2 nitrogen and oxygen atoms in total. The lowest BCUT2D eigenvalue weighted by atomic mass is 9.82. The summed E-state index contributed by atoms with van der Waals surface area (Å²) in [6, 6.07) is 6.67. The summed E-state index contributed by atoms with van der Waals surface area (Å²) in [5.41, 5.74) is 16.2. The van der Waals surface area contributed by atoms with E-state index in [1.165, 1.54) is 16.7 Å². The van der Waals surface area contributed by atoms with E-state index in [9.17, 15) is 0 Å². The molecule has 2 heteroatoms. The summed E-state index contributed by atoms with van der Waals surface area (Å²) in [7, 11) is 0. The highest BCUT2D eigenvalue weighted by Crippen LogP contribution is 2.29. The molecule has 1 aromatic carbocycles. The van der Waals surface area contributed by atoms with E-state index < -0.39 is 0 Å². The maximum Gasteiger partial charge on any atom is 0.0340 e. The van der Waals surface area contributed by atoms with Crippen molar-refractivity contribution in [1.29, 1.82) is 0 Å². The molecule has 0 bridgehead atoms. The Morgan fingerprint density at radius 1 is 1.11 bits per heavy atom. The average Bonchev–Trinajstić information content (AvgIpc) is 2.29. The maximum atomic E-state index is 6.44. The van der Waals surface area contributed by atoms with Gasteiger partial charge in [-0.1, -0.05) is 45.9 Å². The third-order valence-electron chi connectivity index (χ3n) is 3.92. The lowest BCUT2D eigenvalue weighted by Crippen LogP contribution is -2.32. The zero-order valence-corrected chi connectivity index (χ0v) is 12.4. The van der Waals surface area contributed by atoms with E-state index in [1.807, 2.05) is 0 Å². The molecule has 0 aromatic heterocycles. The quantitative estimate of drug-likeness (QED) is 0.839. The molecule has 0 amide bonds. The standard InChI is InChI=1S/C16H28N2/c1-10(2)13-7-6-12(5)14(8-13)16(18)15(9-17)11(3)4/h6-8,10-11,15-16H,9,17-18H2,1-5H3. The molecule has 0 radical (unpaired) electrons. The van der Waals surface area contributed by atoms with Crippen LogP contribution in [0.2, 0.25) is 0 Å². The van der Waals surface area contributed by atoms with E-state index in [0.29, 0.717) is 24.3 Å². The first-order valence-corrected chi connectivity index (χ1v) is 6.94. The second-order valence-corrected chi connectivity index (χ2v) is 5.94. The monoisotopic (exact) mass is 248 g/mol. The number of hydrogen-bond acceptors (Lipinski definition) is 2. The number of hydrogen-bond donors (Lipinski definition) is 2. The van der Waals surface area contributed by atoms with E-state index in [2.05, 4.69) is 52.8 Å². The molecule has 0 saturated heterocycles. The van der Waals surface area contributed by atoms with Crippen molar-refractivity contribution < 1.29 is 0 Å². The van der Waals surface area contributed by atoms with Crippen molar-refractivity contribution in [2.75, 3.05) is 6.54 Å². The fraction of sp³-hybridized carbons (Fsp3) is 0.625. The topological polar surface area (TPSA) is 52.0 Å². The molecule has 1 rings (SSSR count). The van der Waals surface area contributed by atoms with Crippen LogP contribution in [0.5, 0.6) is 0 Å². The smallest absolute Gasteiger partial charge is 0.0340 e. The number of rotatable bonds is 5. The fourth-order valence-electron chi connectivity index (χ4n) is 2.44. The predicted molar refractivity (Wildman–Crippen MR) is 79.6 cm³/mol. The Bertz CT molecular complexity index is 383. The van der Waals surface area contributed by atoms with Gasteiger partial charge in [-0.15, -0.1) is 0 Å². The van der Waals surface area contributed by atoms with Gasteiger partial charge < -0.3 is 11.5 Å². The SMILES string of the molecule is Cc1ccc(C(C)C)cc1C(N)C(CN)C(C)C. The van der Waals surface area contributed by atoms with Gasteiger partial charge in [0.25, 0.3) is 0 Å². The second-order valence-electron chi connectivity index (χ2n) is 5.94. The minimum atomic E-state index is 0.0358. The van der Waals surface area contributed by atoms with Gasteiger partial charge in [-0.3, -0.25) is 0 Å². The molecule has 2 unspecified atom stereocenters. The molecule has 0 aliphatic rings. The van der Waals surface area contributed by atoms with Gasteiger partial charge in [0.2, 0.25) is 0 Å². The van der Waals surface area contributed by atoms with E-state index in [1.54, 1.807) is 0 Å². The molecule has 18 heavy (non-hydrogen) atoms. The molecule has 0 heterocycles. The first kappa shape index (κ1) is 15.2. The van der Waals surface area contributed by atoms with Crippen molar-refractivity contribution in [3.8, 4) is 0 Å². The van der Waals surface area contributed by atoms with Gasteiger partial charge in [-0.25, -0.2) is 0 Å². The summed E-state index contributed by atoms with van der Waals surface area (Å²) in [6.07, 6.45) is 0. The van der Waals surface area contributed by atoms with Crippen LogP contribution >= 0.6 is 0 Å². The van der Waals surface area contributed by atoms with Crippen molar-refractivity contribution in [3.63, 3.8) is 0 Å². The highest BCUT2D eigenvalue weighted by molar-refractivity contribution is 5.35. The Labute approximate surface area is 112 Å². The molecular formula is C16H28N2. The first-order chi connectivity index (χ1) is 8.38. The van der Waals surface area contributed by atoms with Gasteiger partial charge in [0.05, 0.1) is 0 Å². The van der Waals surface area contributed by atoms with Crippen LogP contribution in [0, 0.1) is 18.8 Å². The molecule has 0 aliphatic heterocycles. The van der Waals surface area contributed by atoms with Crippen LogP contribution in [0.4, 0.5) is 0 Å². The van der Waals surface area contributed by atoms with Crippen LogP contribution in [0.3, 0.4) is 0 Å². The Balaban J connectivity index is 3.10. The second kappa shape index (κ2) is 6.35. The van der Waals surface area contributed by atoms with Crippen molar-refractivity contribution in [2.45, 2.75) is 46.6 Å². The van der Waals surface area contributed by atoms with Gasteiger partial charge >= 0.3 is 0 Å². The zero-order valence-electron chi connectivity index (χ0n) is 12.4. The molecule has 0 spiro atoms. The summed E-state index contributed by atoms with van der Waals surface area (Å²) >= 11 is 0. The molecule has 1 aromatic rings. The number of benzene rings is 1. The molecule has 102 valence electrons. The van der Waals surface area contributed by atoms with Crippen LogP contribution in [-0.4, -0.2) is 6.54 Å². The largest absolute Gasteiger partial charge is 0.330 e. The highest BCUT2D eigenvalue weighted by atomic mass is 14.7. The van der Waals surface area contributed by atoms with Gasteiger partial charge in [0, 0.05) is 6.04 Å². The summed E-state index contributed by atoms with van der Waals surface area (Å²) in [4.78, 5) is 0. The van der Waals surface area contributed by atoms with Crippen molar-refractivity contribution in [3.05, 3.63) is 34.9 Å². The Hall–Kier alpha value is -0.860. The van der Waals surface area contributed by atoms with E-state index in [-0.39, 0.29) is 6.04 Å². The molecule has 4 N–H and O–H groups in total. The van der Waals surface area contributed by atoms with Crippen molar-refractivity contribution in [1.82, 2.24) is 0 Å². The van der Waals surface area contributed by atoms with Gasteiger partial charge in [-0.05, 0) is 47.9 Å². The predicted octanol–water partition coefficient (Wildman–Crippen LogP) is 3.35. The molecule has 0 aliphatic carbocycles. The fourth-order valence-corrected chi connectivity index (χ4v) is 2.44. The van der Waals surface area contributed by atoms with Crippen LogP contribution in [0.15, 0.2) is 18.2 Å². The maximum absolute atomic E-state index is 6.44. The van der Waals surface area contributed by atoms with Gasteiger partial charge in [0.1, 0.15) is 0 Å². The minimum Gasteiger partial charge on any atom is -0.330 e. The number of nitrogens with two attached hydrogens (primary N) is 2. The third kappa shape index (κ3) is 3.33. The lowest BCUT2D eigenvalue weighted by Gasteiger charge is -2.28. The summed E-state index contributed by atoms with van der Waals surface area (Å²) < 4.78 is 0. The van der Waals surface area contributed by atoms with Gasteiger partial charge in [0.15, 0.2) is 0 Å². The van der Waals surface area contributed by atoms with Crippen molar-refractivity contribution >= 4 is 0 Å². The first-order valence-electron chi connectivity index (χ1n) is 6.94. The lowest BCUT2D eigenvalue weighted by molar-refractivity contribution is 0.330. The van der Waals surface area contributed by atoms with Gasteiger partial charge in [-0.2, -0.15) is 0 Å². The van der Waals surface area contributed by atoms with Crippen LogP contribution < -0.4 is 11.5 Å². The van der Waals surface area contributed by atoms with E-state index >= 15 is 0 Å². The van der Waals surface area contributed by atoms with Crippen LogP contribution in [-0.2, 0) is 0 Å². The summed E-state index contributed by atoms with van der Waals surface area (Å²) in [5.74, 6) is 1.38. The minimum absolute atomic E-state index is 0.0358.